The lowest BCUT2D eigenvalue weighted by atomic mass is 9.81. The van der Waals surface area contributed by atoms with Gasteiger partial charge in [0.2, 0.25) is 0 Å². The molecule has 0 bridgehead atoms. The molecule has 114 valence electrons. The lowest BCUT2D eigenvalue weighted by molar-refractivity contribution is 0.479. The fourth-order valence-electron chi connectivity index (χ4n) is 2.48. The predicted octanol–water partition coefficient (Wildman–Crippen LogP) is 5.61. The van der Waals surface area contributed by atoms with Crippen LogP contribution in [0.5, 0.6) is 0 Å². The summed E-state index contributed by atoms with van der Waals surface area (Å²) in [7, 11) is 0. The molecule has 1 atom stereocenters. The molecule has 1 aromatic rings. The molecule has 0 heterocycles. The van der Waals surface area contributed by atoms with Crippen molar-refractivity contribution in [3.63, 3.8) is 0 Å². The van der Waals surface area contributed by atoms with Crippen LogP contribution in [0.4, 0.5) is 0 Å². The molecule has 0 aliphatic carbocycles. The average Bonchev–Trinajstić information content (AvgIpc) is 2.47. The van der Waals surface area contributed by atoms with E-state index in [9.17, 15) is 0 Å². The van der Waals surface area contributed by atoms with E-state index in [2.05, 4.69) is 64.2 Å². The third kappa shape index (κ3) is 4.94. The lowest BCUT2D eigenvalue weighted by Crippen LogP contribution is -2.22. The van der Waals surface area contributed by atoms with Crippen LogP contribution in [0.2, 0.25) is 0 Å². The number of benzene rings is 1. The fraction of sp³-hybridized carbons (Fsp3) is 0.684. The molecule has 0 aromatic heterocycles. The average molecular weight is 275 g/mol. The summed E-state index contributed by atoms with van der Waals surface area (Å²) < 4.78 is 0. The van der Waals surface area contributed by atoms with Crippen molar-refractivity contribution in [3.8, 4) is 0 Å². The van der Waals surface area contributed by atoms with Crippen LogP contribution < -0.4 is 5.32 Å². The number of hydrogen-bond acceptors (Lipinski definition) is 1. The van der Waals surface area contributed by atoms with Gasteiger partial charge in [-0.15, -0.1) is 0 Å². The van der Waals surface area contributed by atoms with E-state index in [-0.39, 0.29) is 5.41 Å². The van der Waals surface area contributed by atoms with Gasteiger partial charge in [-0.1, -0.05) is 71.7 Å². The third-order valence-corrected chi connectivity index (χ3v) is 4.47. The highest BCUT2D eigenvalue weighted by atomic mass is 14.9. The maximum atomic E-state index is 3.69. The molecule has 1 unspecified atom stereocenters. The molecule has 0 saturated carbocycles. The van der Waals surface area contributed by atoms with E-state index in [0.717, 1.165) is 6.54 Å². The molecule has 1 N–H and O–H groups in total. The van der Waals surface area contributed by atoms with Crippen LogP contribution in [0.25, 0.3) is 0 Å². The Labute approximate surface area is 126 Å². The Hall–Kier alpha value is -0.820. The summed E-state index contributed by atoms with van der Waals surface area (Å²) in [5.74, 6) is 0. The van der Waals surface area contributed by atoms with Crippen molar-refractivity contribution in [1.82, 2.24) is 5.32 Å². The van der Waals surface area contributed by atoms with E-state index >= 15 is 0 Å². The molecule has 20 heavy (non-hydrogen) atoms. The van der Waals surface area contributed by atoms with Crippen molar-refractivity contribution in [1.29, 1.82) is 0 Å². The Balaban J connectivity index is 2.81. The number of rotatable bonds is 9. The van der Waals surface area contributed by atoms with E-state index in [4.69, 9.17) is 0 Å². The highest BCUT2D eigenvalue weighted by Gasteiger charge is 2.18. The van der Waals surface area contributed by atoms with Gasteiger partial charge in [-0.2, -0.15) is 0 Å². The number of nitrogens with one attached hydrogen (secondary N) is 1. The van der Waals surface area contributed by atoms with Crippen molar-refractivity contribution in [3.05, 3.63) is 35.4 Å². The Morgan fingerprint density at radius 2 is 1.65 bits per heavy atom. The van der Waals surface area contributed by atoms with E-state index in [0.29, 0.717) is 6.04 Å². The van der Waals surface area contributed by atoms with Gasteiger partial charge >= 0.3 is 0 Å². The summed E-state index contributed by atoms with van der Waals surface area (Å²) in [5, 5.41) is 3.69. The summed E-state index contributed by atoms with van der Waals surface area (Å²) in [6.45, 7) is 12.5. The maximum Gasteiger partial charge on any atom is 0.0320 e. The Kier molecular flexibility index (Phi) is 7.29. The lowest BCUT2D eigenvalue weighted by Gasteiger charge is -2.25. The summed E-state index contributed by atoms with van der Waals surface area (Å²) in [6.07, 6.45) is 6.19. The maximum absolute atomic E-state index is 3.69. The second kappa shape index (κ2) is 8.46. The quantitative estimate of drug-likeness (QED) is 0.618. The van der Waals surface area contributed by atoms with Gasteiger partial charge in [-0.3, -0.25) is 0 Å². The van der Waals surface area contributed by atoms with E-state index in [1.54, 1.807) is 0 Å². The Morgan fingerprint density at radius 1 is 1.00 bits per heavy atom. The standard InChI is InChI=1S/C19H33N/c1-6-9-10-18(20-15-7-2)16-11-13-17(14-12-16)19(4,5)8-3/h11-14,18,20H,6-10,15H2,1-5H3. The highest BCUT2D eigenvalue weighted by molar-refractivity contribution is 5.29. The van der Waals surface area contributed by atoms with Gasteiger partial charge in [0.15, 0.2) is 0 Å². The summed E-state index contributed by atoms with van der Waals surface area (Å²) in [5.41, 5.74) is 3.19. The molecular weight excluding hydrogens is 242 g/mol. The molecular formula is C19H33N. The van der Waals surface area contributed by atoms with Gasteiger partial charge in [0.05, 0.1) is 0 Å². The SMILES string of the molecule is CCCCC(NCCC)c1ccc(C(C)(C)CC)cc1. The van der Waals surface area contributed by atoms with Crippen molar-refractivity contribution < 1.29 is 0 Å². The van der Waals surface area contributed by atoms with Crippen molar-refractivity contribution >= 4 is 0 Å². The summed E-state index contributed by atoms with van der Waals surface area (Å²) in [6, 6.07) is 9.83. The number of hydrogen-bond donors (Lipinski definition) is 1. The van der Waals surface area contributed by atoms with Crippen LogP contribution in [0, 0.1) is 0 Å². The first-order valence-corrected chi connectivity index (χ1v) is 8.39. The Morgan fingerprint density at radius 3 is 2.15 bits per heavy atom. The van der Waals surface area contributed by atoms with Crippen LogP contribution in [0.15, 0.2) is 24.3 Å². The van der Waals surface area contributed by atoms with Crippen LogP contribution in [-0.2, 0) is 5.41 Å². The zero-order valence-corrected chi connectivity index (χ0v) is 14.1. The second-order valence-corrected chi connectivity index (χ2v) is 6.51. The van der Waals surface area contributed by atoms with E-state index in [1.807, 2.05) is 0 Å². The summed E-state index contributed by atoms with van der Waals surface area (Å²) in [4.78, 5) is 0. The van der Waals surface area contributed by atoms with E-state index in [1.165, 1.54) is 43.2 Å². The van der Waals surface area contributed by atoms with Crippen LogP contribution in [0.1, 0.15) is 83.9 Å². The number of unbranched alkanes of at least 4 members (excludes halogenated alkanes) is 1. The topological polar surface area (TPSA) is 12.0 Å². The second-order valence-electron chi connectivity index (χ2n) is 6.51. The molecule has 0 aliphatic rings. The van der Waals surface area contributed by atoms with Crippen molar-refractivity contribution in [2.45, 2.75) is 78.2 Å². The molecule has 0 aliphatic heterocycles. The smallest absolute Gasteiger partial charge is 0.0320 e. The van der Waals surface area contributed by atoms with Gasteiger partial charge in [-0.05, 0) is 42.3 Å². The van der Waals surface area contributed by atoms with Gasteiger partial charge < -0.3 is 5.32 Å². The predicted molar refractivity (Wildman–Crippen MR) is 90.3 cm³/mol. The van der Waals surface area contributed by atoms with Crippen LogP contribution >= 0.6 is 0 Å². The van der Waals surface area contributed by atoms with Gasteiger partial charge in [0.1, 0.15) is 0 Å². The minimum Gasteiger partial charge on any atom is -0.310 e. The van der Waals surface area contributed by atoms with E-state index < -0.39 is 0 Å². The first-order chi connectivity index (χ1) is 9.55. The molecule has 0 amide bonds. The fourth-order valence-corrected chi connectivity index (χ4v) is 2.48. The van der Waals surface area contributed by atoms with Crippen LogP contribution in [0.3, 0.4) is 0 Å². The molecule has 1 rings (SSSR count). The first kappa shape index (κ1) is 17.2. The van der Waals surface area contributed by atoms with Crippen molar-refractivity contribution in [2.75, 3.05) is 6.54 Å². The molecule has 0 saturated heterocycles. The largest absolute Gasteiger partial charge is 0.310 e. The molecule has 1 aromatic carbocycles. The third-order valence-electron chi connectivity index (χ3n) is 4.47. The normalized spacial score (nSPS) is 13.4. The summed E-state index contributed by atoms with van der Waals surface area (Å²) >= 11 is 0. The molecule has 0 fully saturated rings. The monoisotopic (exact) mass is 275 g/mol. The van der Waals surface area contributed by atoms with Crippen LogP contribution in [-0.4, -0.2) is 6.54 Å². The molecule has 0 spiro atoms. The molecule has 1 heteroatoms. The van der Waals surface area contributed by atoms with Gasteiger partial charge in [-0.25, -0.2) is 0 Å². The zero-order chi connectivity index (χ0) is 15.0. The van der Waals surface area contributed by atoms with Gasteiger partial charge in [0.25, 0.3) is 0 Å². The minimum atomic E-state index is 0.286. The van der Waals surface area contributed by atoms with Gasteiger partial charge in [0, 0.05) is 6.04 Å². The van der Waals surface area contributed by atoms with Crippen molar-refractivity contribution in [2.24, 2.45) is 0 Å². The zero-order valence-electron chi connectivity index (χ0n) is 14.1. The Bertz CT molecular complexity index is 356. The first-order valence-electron chi connectivity index (χ1n) is 8.39. The highest BCUT2D eigenvalue weighted by Crippen LogP contribution is 2.28. The molecule has 1 nitrogen and oxygen atoms in total. The molecule has 0 radical (unpaired) electrons. The minimum absolute atomic E-state index is 0.286.